The number of aryl methyl sites for hydroxylation is 1. The third-order valence-corrected chi connectivity index (χ3v) is 2.53. The van der Waals surface area contributed by atoms with E-state index >= 15 is 0 Å². The molecule has 1 heterocycles. The molecule has 0 unspecified atom stereocenters. The molecule has 1 rings (SSSR count). The van der Waals surface area contributed by atoms with Gasteiger partial charge in [-0.1, -0.05) is 53.4 Å². The fourth-order valence-electron chi connectivity index (χ4n) is 1.26. The molecule has 0 aliphatic rings. The Kier molecular flexibility index (Phi) is 4.64. The van der Waals surface area contributed by atoms with E-state index < -0.39 is 3.79 Å². The monoisotopic (exact) mass is 270 g/mol. The minimum absolute atomic E-state index is 0.218. The highest BCUT2D eigenvalue weighted by Crippen LogP contribution is 2.39. The maximum atomic E-state index is 5.84. The first kappa shape index (κ1) is 13.0. The van der Waals surface area contributed by atoms with E-state index in [0.717, 1.165) is 12.8 Å². The van der Waals surface area contributed by atoms with Gasteiger partial charge >= 0.3 is 0 Å². The van der Waals surface area contributed by atoms with E-state index in [0.29, 0.717) is 17.9 Å². The number of nitrogens with two attached hydrogens (primary N) is 1. The van der Waals surface area contributed by atoms with Crippen LogP contribution in [0.2, 0.25) is 0 Å². The highest BCUT2D eigenvalue weighted by molar-refractivity contribution is 6.66. The van der Waals surface area contributed by atoms with Crippen molar-refractivity contribution >= 4 is 34.8 Å². The normalized spacial score (nSPS) is 12.1. The number of halogens is 3. The molecule has 1 aromatic heterocycles. The van der Waals surface area contributed by atoms with E-state index in [4.69, 9.17) is 40.5 Å². The zero-order valence-electron chi connectivity index (χ0n) is 8.38. The SMILES string of the molecule is CCCCn1nnc(CN)c1C(Cl)(Cl)Cl. The maximum absolute atomic E-state index is 5.84. The molecule has 4 nitrogen and oxygen atoms in total. The number of nitrogens with zero attached hydrogens (tertiary/aromatic N) is 3. The van der Waals surface area contributed by atoms with Crippen molar-refractivity contribution in [1.29, 1.82) is 0 Å². The van der Waals surface area contributed by atoms with Crippen molar-refractivity contribution in [2.24, 2.45) is 5.73 Å². The largest absolute Gasteiger partial charge is 0.325 e. The van der Waals surface area contributed by atoms with Crippen LogP contribution in [-0.2, 0) is 16.9 Å². The van der Waals surface area contributed by atoms with Gasteiger partial charge in [0, 0.05) is 13.1 Å². The van der Waals surface area contributed by atoms with Crippen molar-refractivity contribution in [1.82, 2.24) is 15.0 Å². The van der Waals surface area contributed by atoms with Gasteiger partial charge in [-0.25, -0.2) is 4.68 Å². The second-order valence-corrected chi connectivity index (χ2v) is 5.44. The standard InChI is InChI=1S/C8H13Cl3N4/c1-2-3-4-15-7(8(9,10)11)6(5-12)13-14-15/h2-5,12H2,1H3. The van der Waals surface area contributed by atoms with Crippen LogP contribution in [0, 0.1) is 0 Å². The van der Waals surface area contributed by atoms with Gasteiger partial charge in [-0.2, -0.15) is 0 Å². The molecule has 0 radical (unpaired) electrons. The van der Waals surface area contributed by atoms with E-state index in [9.17, 15) is 0 Å². The van der Waals surface area contributed by atoms with Gasteiger partial charge < -0.3 is 5.73 Å². The van der Waals surface area contributed by atoms with Crippen molar-refractivity contribution in [3.63, 3.8) is 0 Å². The molecule has 15 heavy (non-hydrogen) atoms. The molecule has 0 aromatic carbocycles. The first-order valence-corrected chi connectivity index (χ1v) is 5.83. The lowest BCUT2D eigenvalue weighted by Gasteiger charge is -2.14. The van der Waals surface area contributed by atoms with E-state index in [-0.39, 0.29) is 6.54 Å². The first-order chi connectivity index (χ1) is 7.00. The summed E-state index contributed by atoms with van der Waals surface area (Å²) in [6.45, 7) is 2.98. The van der Waals surface area contributed by atoms with Crippen LogP contribution in [-0.4, -0.2) is 15.0 Å². The third-order valence-electron chi connectivity index (χ3n) is 1.99. The minimum atomic E-state index is -1.52. The van der Waals surface area contributed by atoms with Crippen LogP contribution < -0.4 is 5.73 Å². The number of alkyl halides is 3. The number of aromatic nitrogens is 3. The third kappa shape index (κ3) is 3.21. The molecule has 86 valence electrons. The van der Waals surface area contributed by atoms with Crippen molar-refractivity contribution in [3.8, 4) is 0 Å². The van der Waals surface area contributed by atoms with Gasteiger partial charge in [-0.15, -0.1) is 5.10 Å². The summed E-state index contributed by atoms with van der Waals surface area (Å²) in [5.41, 5.74) is 6.51. The molecule has 0 aliphatic carbocycles. The van der Waals surface area contributed by atoms with Crippen LogP contribution in [0.4, 0.5) is 0 Å². The summed E-state index contributed by atoms with van der Waals surface area (Å²) >= 11 is 17.5. The van der Waals surface area contributed by atoms with Crippen molar-refractivity contribution in [2.75, 3.05) is 0 Å². The quantitative estimate of drug-likeness (QED) is 0.855. The Hall–Kier alpha value is -0.0300. The summed E-state index contributed by atoms with van der Waals surface area (Å²) in [7, 11) is 0. The second-order valence-electron chi connectivity index (χ2n) is 3.16. The van der Waals surface area contributed by atoms with Gasteiger partial charge in [0.25, 0.3) is 0 Å². The van der Waals surface area contributed by atoms with Crippen LogP contribution >= 0.6 is 34.8 Å². The summed E-state index contributed by atoms with van der Waals surface area (Å²) < 4.78 is 0.0879. The van der Waals surface area contributed by atoms with E-state index in [1.54, 1.807) is 4.68 Å². The van der Waals surface area contributed by atoms with E-state index in [1.165, 1.54) is 0 Å². The number of unbranched alkanes of at least 4 members (excludes halogenated alkanes) is 1. The van der Waals surface area contributed by atoms with Crippen LogP contribution in [0.5, 0.6) is 0 Å². The molecule has 2 N–H and O–H groups in total. The molecule has 0 aliphatic heterocycles. The van der Waals surface area contributed by atoms with Crippen LogP contribution in [0.25, 0.3) is 0 Å². The highest BCUT2D eigenvalue weighted by Gasteiger charge is 2.31. The summed E-state index contributed by atoms with van der Waals surface area (Å²) in [4.78, 5) is 0. The minimum Gasteiger partial charge on any atom is -0.325 e. The lowest BCUT2D eigenvalue weighted by atomic mass is 10.3. The van der Waals surface area contributed by atoms with E-state index in [1.807, 2.05) is 0 Å². The predicted molar refractivity (Wildman–Crippen MR) is 62.1 cm³/mol. The lowest BCUT2D eigenvalue weighted by molar-refractivity contribution is 0.535. The number of rotatable bonds is 4. The zero-order valence-corrected chi connectivity index (χ0v) is 10.6. The molecule has 7 heteroatoms. The number of hydrogen-bond donors (Lipinski definition) is 1. The van der Waals surface area contributed by atoms with Gasteiger partial charge in [-0.05, 0) is 6.42 Å². The molecule has 0 fully saturated rings. The average molecular weight is 272 g/mol. The van der Waals surface area contributed by atoms with Crippen molar-refractivity contribution in [2.45, 2.75) is 36.6 Å². The smallest absolute Gasteiger partial charge is 0.234 e. The number of hydrogen-bond acceptors (Lipinski definition) is 3. The van der Waals surface area contributed by atoms with Gasteiger partial charge in [-0.3, -0.25) is 0 Å². The molecular weight excluding hydrogens is 258 g/mol. The van der Waals surface area contributed by atoms with Crippen molar-refractivity contribution < 1.29 is 0 Å². The molecule has 0 amide bonds. The topological polar surface area (TPSA) is 56.7 Å². The van der Waals surface area contributed by atoms with Crippen molar-refractivity contribution in [3.05, 3.63) is 11.4 Å². The summed E-state index contributed by atoms with van der Waals surface area (Å²) in [6.07, 6.45) is 2.00. The average Bonchev–Trinajstić information content (AvgIpc) is 2.56. The maximum Gasteiger partial charge on any atom is 0.234 e. The summed E-state index contributed by atoms with van der Waals surface area (Å²) in [6, 6.07) is 0. The lowest BCUT2D eigenvalue weighted by Crippen LogP contribution is -2.15. The Balaban J connectivity index is 3.01. The molecule has 0 spiro atoms. The summed E-state index contributed by atoms with van der Waals surface area (Å²) in [5, 5.41) is 7.81. The molecule has 0 saturated heterocycles. The van der Waals surface area contributed by atoms with Gasteiger partial charge in [0.15, 0.2) is 0 Å². The zero-order chi connectivity index (χ0) is 11.5. The molecular formula is C8H13Cl3N4. The molecule has 0 atom stereocenters. The Bertz CT molecular complexity index is 318. The highest BCUT2D eigenvalue weighted by atomic mass is 35.6. The Morgan fingerprint density at radius 1 is 1.40 bits per heavy atom. The van der Waals surface area contributed by atoms with Crippen LogP contribution in [0.3, 0.4) is 0 Å². The second kappa shape index (κ2) is 5.34. The molecule has 0 saturated carbocycles. The van der Waals surface area contributed by atoms with Gasteiger partial charge in [0.05, 0.1) is 0 Å². The Morgan fingerprint density at radius 2 is 2.07 bits per heavy atom. The van der Waals surface area contributed by atoms with Crippen LogP contribution in [0.15, 0.2) is 0 Å². The molecule has 0 bridgehead atoms. The van der Waals surface area contributed by atoms with Gasteiger partial charge in [0.2, 0.25) is 3.79 Å². The fourth-order valence-corrected chi connectivity index (χ4v) is 1.88. The first-order valence-electron chi connectivity index (χ1n) is 4.70. The van der Waals surface area contributed by atoms with Gasteiger partial charge in [0.1, 0.15) is 11.4 Å². The Labute approximate surface area is 104 Å². The van der Waals surface area contributed by atoms with Crippen LogP contribution in [0.1, 0.15) is 31.2 Å². The predicted octanol–water partition coefficient (Wildman–Crippen LogP) is 2.36. The molecule has 1 aromatic rings. The fraction of sp³-hybridized carbons (Fsp3) is 0.750. The summed E-state index contributed by atoms with van der Waals surface area (Å²) in [5.74, 6) is 0. The Morgan fingerprint density at radius 3 is 2.53 bits per heavy atom. The van der Waals surface area contributed by atoms with E-state index in [2.05, 4.69) is 17.2 Å².